The Labute approximate surface area is 176 Å². The van der Waals surface area contributed by atoms with Gasteiger partial charge in [-0.3, -0.25) is 4.79 Å². The van der Waals surface area contributed by atoms with Gasteiger partial charge in [0.1, 0.15) is 5.82 Å². The van der Waals surface area contributed by atoms with Crippen LogP contribution in [-0.2, 0) is 13.1 Å². The van der Waals surface area contributed by atoms with E-state index >= 15 is 0 Å². The summed E-state index contributed by atoms with van der Waals surface area (Å²) in [6, 6.07) is 12.5. The van der Waals surface area contributed by atoms with Crippen molar-refractivity contribution in [3.63, 3.8) is 0 Å². The number of nitrogens with zero attached hydrogens (tertiary/aromatic N) is 1. The fourth-order valence-corrected chi connectivity index (χ4v) is 2.40. The molecule has 0 spiro atoms. The highest BCUT2D eigenvalue weighted by Gasteiger charge is 2.05. The zero-order valence-electron chi connectivity index (χ0n) is 15.8. The van der Waals surface area contributed by atoms with Crippen molar-refractivity contribution >= 4 is 35.8 Å². The normalized spacial score (nSPS) is 10.7. The van der Waals surface area contributed by atoms with Crippen LogP contribution in [0.2, 0.25) is 0 Å². The zero-order valence-corrected chi connectivity index (χ0v) is 18.1. The van der Waals surface area contributed by atoms with Gasteiger partial charge in [-0.1, -0.05) is 24.3 Å². The topological polar surface area (TPSA) is 65.5 Å². The van der Waals surface area contributed by atoms with Crippen molar-refractivity contribution in [3.05, 3.63) is 70.5 Å². The highest BCUT2D eigenvalue weighted by molar-refractivity contribution is 14.0. The number of aliphatic imine (C=N–C) groups is 1. The summed E-state index contributed by atoms with van der Waals surface area (Å²) in [7, 11) is 1.61. The van der Waals surface area contributed by atoms with Crippen molar-refractivity contribution in [1.82, 2.24) is 16.0 Å². The number of halogens is 2. The molecule has 27 heavy (non-hydrogen) atoms. The molecule has 0 fully saturated rings. The molecule has 0 radical (unpaired) electrons. The summed E-state index contributed by atoms with van der Waals surface area (Å²) in [6.45, 7) is 5.34. The number of aryl methyl sites for hydroxylation is 1. The number of nitrogens with one attached hydrogen (secondary N) is 3. The smallest absolute Gasteiger partial charge is 0.251 e. The lowest BCUT2D eigenvalue weighted by Crippen LogP contribution is -2.36. The minimum atomic E-state index is -0.211. The van der Waals surface area contributed by atoms with E-state index in [1.54, 1.807) is 26.1 Å². The molecule has 2 rings (SSSR count). The van der Waals surface area contributed by atoms with Gasteiger partial charge in [0.15, 0.2) is 5.96 Å². The van der Waals surface area contributed by atoms with Crippen molar-refractivity contribution in [3.8, 4) is 0 Å². The molecule has 0 heterocycles. The number of carbonyl (C=O) groups excluding carboxylic acids is 1. The number of guanidine groups is 1. The van der Waals surface area contributed by atoms with E-state index in [1.807, 2.05) is 31.2 Å². The van der Waals surface area contributed by atoms with Gasteiger partial charge in [-0.25, -0.2) is 9.38 Å². The Balaban J connectivity index is 0.00000364. The van der Waals surface area contributed by atoms with Gasteiger partial charge in [0.05, 0.1) is 6.54 Å². The Morgan fingerprint density at radius 2 is 1.89 bits per heavy atom. The number of carbonyl (C=O) groups is 1. The van der Waals surface area contributed by atoms with Gasteiger partial charge in [-0.05, 0) is 48.7 Å². The SMILES string of the molecule is CCNC(=NCc1cccc(C(=O)NC)c1)NCc1ccc(C)c(F)c1.I. The summed E-state index contributed by atoms with van der Waals surface area (Å²) < 4.78 is 13.6. The number of amides is 1. The second-order valence-electron chi connectivity index (χ2n) is 5.91. The van der Waals surface area contributed by atoms with Gasteiger partial charge in [0.2, 0.25) is 0 Å². The molecule has 146 valence electrons. The van der Waals surface area contributed by atoms with Gasteiger partial charge >= 0.3 is 0 Å². The van der Waals surface area contributed by atoms with Gasteiger partial charge in [0, 0.05) is 25.7 Å². The van der Waals surface area contributed by atoms with Crippen molar-refractivity contribution < 1.29 is 9.18 Å². The first kappa shape index (κ1) is 22.9. The molecule has 3 N–H and O–H groups in total. The summed E-state index contributed by atoms with van der Waals surface area (Å²) in [4.78, 5) is 16.2. The fraction of sp³-hybridized carbons (Fsp3) is 0.300. The van der Waals surface area contributed by atoms with Crippen LogP contribution < -0.4 is 16.0 Å². The first-order chi connectivity index (χ1) is 12.5. The Bertz CT molecular complexity index is 795. The fourth-order valence-electron chi connectivity index (χ4n) is 2.40. The lowest BCUT2D eigenvalue weighted by atomic mass is 10.1. The molecule has 0 bridgehead atoms. The van der Waals surface area contributed by atoms with E-state index < -0.39 is 0 Å². The molecule has 0 atom stereocenters. The molecular weight excluding hydrogens is 458 g/mol. The average molecular weight is 484 g/mol. The van der Waals surface area contributed by atoms with Crippen LogP contribution in [0.5, 0.6) is 0 Å². The van der Waals surface area contributed by atoms with Crippen molar-refractivity contribution in [2.24, 2.45) is 4.99 Å². The maximum Gasteiger partial charge on any atom is 0.251 e. The van der Waals surface area contributed by atoms with Gasteiger partial charge in [-0.15, -0.1) is 24.0 Å². The summed E-state index contributed by atoms with van der Waals surface area (Å²) in [6.07, 6.45) is 0. The molecule has 0 aromatic heterocycles. The molecule has 2 aromatic carbocycles. The van der Waals surface area contributed by atoms with Gasteiger partial charge in [-0.2, -0.15) is 0 Å². The van der Waals surface area contributed by atoms with E-state index in [2.05, 4.69) is 20.9 Å². The third kappa shape index (κ3) is 7.16. The van der Waals surface area contributed by atoms with Crippen LogP contribution in [0.15, 0.2) is 47.5 Å². The quantitative estimate of drug-likeness (QED) is 0.335. The average Bonchev–Trinajstić information content (AvgIpc) is 2.66. The number of hydrogen-bond donors (Lipinski definition) is 3. The maximum absolute atomic E-state index is 13.6. The molecule has 7 heteroatoms. The van der Waals surface area contributed by atoms with E-state index in [4.69, 9.17) is 0 Å². The molecule has 0 aliphatic rings. The first-order valence-electron chi connectivity index (χ1n) is 8.61. The van der Waals surface area contributed by atoms with E-state index in [-0.39, 0.29) is 35.7 Å². The van der Waals surface area contributed by atoms with E-state index in [0.29, 0.717) is 36.7 Å². The van der Waals surface area contributed by atoms with Crippen molar-refractivity contribution in [1.29, 1.82) is 0 Å². The number of benzene rings is 2. The van der Waals surface area contributed by atoms with Crippen LogP contribution in [-0.4, -0.2) is 25.5 Å². The van der Waals surface area contributed by atoms with E-state index in [1.165, 1.54) is 6.07 Å². The predicted molar refractivity (Wildman–Crippen MR) is 118 cm³/mol. The van der Waals surface area contributed by atoms with Crippen LogP contribution in [0, 0.1) is 12.7 Å². The lowest BCUT2D eigenvalue weighted by Gasteiger charge is -2.12. The van der Waals surface area contributed by atoms with Crippen LogP contribution in [0.4, 0.5) is 4.39 Å². The Hall–Kier alpha value is -2.16. The van der Waals surface area contributed by atoms with Gasteiger partial charge in [0.25, 0.3) is 5.91 Å². The van der Waals surface area contributed by atoms with Gasteiger partial charge < -0.3 is 16.0 Å². The Morgan fingerprint density at radius 1 is 1.11 bits per heavy atom. The second-order valence-corrected chi connectivity index (χ2v) is 5.91. The summed E-state index contributed by atoms with van der Waals surface area (Å²) in [5.74, 6) is 0.304. The summed E-state index contributed by atoms with van der Waals surface area (Å²) >= 11 is 0. The van der Waals surface area contributed by atoms with Crippen LogP contribution in [0.25, 0.3) is 0 Å². The number of hydrogen-bond acceptors (Lipinski definition) is 2. The number of rotatable bonds is 6. The Morgan fingerprint density at radius 3 is 2.56 bits per heavy atom. The third-order valence-electron chi connectivity index (χ3n) is 3.88. The minimum absolute atomic E-state index is 0. The van der Waals surface area contributed by atoms with Crippen molar-refractivity contribution in [2.75, 3.05) is 13.6 Å². The summed E-state index contributed by atoms with van der Waals surface area (Å²) in [5.41, 5.74) is 3.02. The lowest BCUT2D eigenvalue weighted by molar-refractivity contribution is 0.0963. The molecule has 0 aliphatic heterocycles. The predicted octanol–water partition coefficient (Wildman–Crippen LogP) is 3.37. The third-order valence-corrected chi connectivity index (χ3v) is 3.88. The standard InChI is InChI=1S/C20H25FN4O.HI/c1-4-23-20(25-13-16-9-8-14(2)18(21)11-16)24-12-15-6-5-7-17(10-15)19(26)22-3;/h5-11H,4,12-13H2,1-3H3,(H,22,26)(H2,23,24,25);1H. The molecule has 5 nitrogen and oxygen atoms in total. The molecule has 0 saturated heterocycles. The largest absolute Gasteiger partial charge is 0.357 e. The monoisotopic (exact) mass is 484 g/mol. The molecule has 1 amide bonds. The molecule has 2 aromatic rings. The second kappa shape index (κ2) is 11.5. The minimum Gasteiger partial charge on any atom is -0.357 e. The highest BCUT2D eigenvalue weighted by atomic mass is 127. The van der Waals surface area contributed by atoms with Crippen LogP contribution >= 0.6 is 24.0 Å². The maximum atomic E-state index is 13.6. The Kier molecular flexibility index (Phi) is 9.77. The van der Waals surface area contributed by atoms with E-state index in [9.17, 15) is 9.18 Å². The van der Waals surface area contributed by atoms with Crippen LogP contribution in [0.1, 0.15) is 34.0 Å². The summed E-state index contributed by atoms with van der Waals surface area (Å²) in [5, 5.41) is 8.97. The van der Waals surface area contributed by atoms with Crippen molar-refractivity contribution in [2.45, 2.75) is 26.9 Å². The molecular formula is C20H26FIN4O. The first-order valence-corrected chi connectivity index (χ1v) is 8.61. The highest BCUT2D eigenvalue weighted by Crippen LogP contribution is 2.09. The molecule has 0 saturated carbocycles. The van der Waals surface area contributed by atoms with E-state index in [0.717, 1.165) is 11.1 Å². The molecule has 0 aliphatic carbocycles. The van der Waals surface area contributed by atoms with Crippen LogP contribution in [0.3, 0.4) is 0 Å². The molecule has 0 unspecified atom stereocenters. The zero-order chi connectivity index (χ0) is 18.9.